The maximum atomic E-state index is 13.2. The molecule has 1 unspecified atom stereocenters. The van der Waals surface area contributed by atoms with Crippen LogP contribution in [-0.4, -0.2) is 33.6 Å². The second kappa shape index (κ2) is 9.84. The van der Waals surface area contributed by atoms with Crippen molar-refractivity contribution in [1.82, 2.24) is 14.9 Å². The number of rotatable bonds is 7. The fraction of sp³-hybridized carbons (Fsp3) is 0.417. The van der Waals surface area contributed by atoms with Gasteiger partial charge in [0.25, 0.3) is 11.5 Å². The van der Waals surface area contributed by atoms with Crippen molar-refractivity contribution in [3.05, 3.63) is 61.6 Å². The number of aliphatic carboxylic acids is 1. The summed E-state index contributed by atoms with van der Waals surface area (Å²) >= 11 is 1.07. The van der Waals surface area contributed by atoms with E-state index >= 15 is 0 Å². The van der Waals surface area contributed by atoms with Crippen molar-refractivity contribution in [3.8, 4) is 5.75 Å². The molecule has 1 aromatic carbocycles. The standard InChI is InChI=1S/C24H27N3O6S/c1-13(15-6-8-16(9-7-15)23(30)31)27-22(29)18-11-19(34-21(18)26-24(27)32)20(28)25-12-14-4-3-5-17(10-14)33-2/h3-5,10-11,13,15-16H,6-9,12H2,1-2H3,(H,25,28)(H,26,32)(H,30,31). The van der Waals surface area contributed by atoms with E-state index in [1.165, 1.54) is 10.6 Å². The maximum absolute atomic E-state index is 13.2. The first-order valence-electron chi connectivity index (χ1n) is 11.2. The van der Waals surface area contributed by atoms with E-state index in [2.05, 4.69) is 10.3 Å². The summed E-state index contributed by atoms with van der Waals surface area (Å²) in [6.45, 7) is 2.11. The first kappa shape index (κ1) is 23.7. The number of carbonyl (C=O) groups excluding carboxylic acids is 1. The van der Waals surface area contributed by atoms with Gasteiger partial charge >= 0.3 is 11.7 Å². The molecule has 0 aliphatic heterocycles. The highest BCUT2D eigenvalue weighted by atomic mass is 32.1. The molecule has 1 fully saturated rings. The van der Waals surface area contributed by atoms with Crippen LogP contribution in [0.5, 0.6) is 5.75 Å². The van der Waals surface area contributed by atoms with Crippen molar-refractivity contribution >= 4 is 33.4 Å². The van der Waals surface area contributed by atoms with Crippen LogP contribution in [0.3, 0.4) is 0 Å². The number of aromatic nitrogens is 2. The second-order valence-electron chi connectivity index (χ2n) is 8.68. The Morgan fingerprint density at radius 2 is 1.97 bits per heavy atom. The summed E-state index contributed by atoms with van der Waals surface area (Å²) in [6, 6.07) is 8.49. The van der Waals surface area contributed by atoms with E-state index < -0.39 is 17.2 Å². The molecule has 1 aliphatic rings. The Kier molecular flexibility index (Phi) is 6.87. The van der Waals surface area contributed by atoms with Gasteiger partial charge in [0, 0.05) is 12.6 Å². The van der Waals surface area contributed by atoms with Crippen LogP contribution in [0.4, 0.5) is 0 Å². The van der Waals surface area contributed by atoms with Gasteiger partial charge in [-0.05, 0) is 62.3 Å². The topological polar surface area (TPSA) is 130 Å². The van der Waals surface area contributed by atoms with Crippen molar-refractivity contribution in [2.24, 2.45) is 11.8 Å². The number of carbonyl (C=O) groups is 2. The first-order valence-corrected chi connectivity index (χ1v) is 12.0. The Labute approximate surface area is 199 Å². The van der Waals surface area contributed by atoms with E-state index in [1.807, 2.05) is 31.2 Å². The second-order valence-corrected chi connectivity index (χ2v) is 9.74. The summed E-state index contributed by atoms with van der Waals surface area (Å²) in [5, 5.41) is 12.3. The number of H-pyrrole nitrogens is 1. The quantitative estimate of drug-likeness (QED) is 0.471. The molecule has 1 saturated carbocycles. The lowest BCUT2D eigenvalue weighted by Gasteiger charge is -2.31. The molecule has 1 atom stereocenters. The number of aromatic amines is 1. The molecule has 10 heteroatoms. The zero-order valence-electron chi connectivity index (χ0n) is 19.0. The highest BCUT2D eigenvalue weighted by molar-refractivity contribution is 7.20. The van der Waals surface area contributed by atoms with Crippen molar-refractivity contribution in [3.63, 3.8) is 0 Å². The number of fused-ring (bicyclic) bond motifs is 1. The zero-order valence-corrected chi connectivity index (χ0v) is 19.8. The molecule has 0 radical (unpaired) electrons. The molecule has 9 nitrogen and oxygen atoms in total. The average molecular weight is 486 g/mol. The van der Waals surface area contributed by atoms with Gasteiger partial charge < -0.3 is 15.2 Å². The highest BCUT2D eigenvalue weighted by Crippen LogP contribution is 2.35. The van der Waals surface area contributed by atoms with Gasteiger partial charge in [0.05, 0.1) is 23.3 Å². The normalized spacial score (nSPS) is 19.0. The number of hydrogen-bond acceptors (Lipinski definition) is 6. The van der Waals surface area contributed by atoms with Gasteiger partial charge in [0.1, 0.15) is 10.6 Å². The van der Waals surface area contributed by atoms with Crippen molar-refractivity contribution in [2.45, 2.75) is 45.2 Å². The number of carboxylic acid groups (broad SMARTS) is 1. The van der Waals surface area contributed by atoms with Gasteiger partial charge in [0.15, 0.2) is 0 Å². The van der Waals surface area contributed by atoms with E-state index in [-0.39, 0.29) is 23.8 Å². The van der Waals surface area contributed by atoms with E-state index in [1.54, 1.807) is 7.11 Å². The molecule has 0 spiro atoms. The molecule has 3 aromatic rings. The summed E-state index contributed by atoms with van der Waals surface area (Å²) in [7, 11) is 1.57. The summed E-state index contributed by atoms with van der Waals surface area (Å²) in [5.74, 6) is -0.766. The molecule has 180 valence electrons. The third kappa shape index (κ3) is 4.77. The third-order valence-corrected chi connectivity index (χ3v) is 7.69. The Bertz CT molecular complexity index is 1330. The lowest BCUT2D eigenvalue weighted by molar-refractivity contribution is -0.143. The molecule has 4 rings (SSSR count). The van der Waals surface area contributed by atoms with Gasteiger partial charge in [-0.2, -0.15) is 0 Å². The maximum Gasteiger partial charge on any atom is 0.329 e. The molecule has 3 N–H and O–H groups in total. The number of nitrogens with one attached hydrogen (secondary N) is 2. The lowest BCUT2D eigenvalue weighted by atomic mass is 9.79. The fourth-order valence-corrected chi connectivity index (χ4v) is 5.57. The van der Waals surface area contributed by atoms with Crippen molar-refractivity contribution in [2.75, 3.05) is 7.11 Å². The van der Waals surface area contributed by atoms with E-state index in [0.717, 1.165) is 16.9 Å². The van der Waals surface area contributed by atoms with E-state index in [9.17, 15) is 24.3 Å². The lowest BCUT2D eigenvalue weighted by Crippen LogP contribution is -2.40. The van der Waals surface area contributed by atoms with Crippen LogP contribution in [0.1, 0.15) is 53.9 Å². The van der Waals surface area contributed by atoms with E-state index in [4.69, 9.17) is 4.74 Å². The van der Waals surface area contributed by atoms with Crippen LogP contribution < -0.4 is 21.3 Å². The minimum absolute atomic E-state index is 0.0381. The Morgan fingerprint density at radius 1 is 1.24 bits per heavy atom. The number of amides is 1. The fourth-order valence-electron chi connectivity index (χ4n) is 4.62. The van der Waals surface area contributed by atoms with Crippen LogP contribution in [-0.2, 0) is 11.3 Å². The summed E-state index contributed by atoms with van der Waals surface area (Å²) < 4.78 is 6.40. The predicted octanol–water partition coefficient (Wildman–Crippen LogP) is 3.14. The molecule has 1 aliphatic carbocycles. The molecule has 1 amide bonds. The van der Waals surface area contributed by atoms with Crippen LogP contribution in [0.15, 0.2) is 39.9 Å². The van der Waals surface area contributed by atoms with Gasteiger partial charge in [-0.1, -0.05) is 12.1 Å². The van der Waals surface area contributed by atoms with Gasteiger partial charge in [-0.25, -0.2) is 4.79 Å². The Morgan fingerprint density at radius 3 is 2.65 bits per heavy atom. The minimum atomic E-state index is -0.794. The molecule has 0 bridgehead atoms. The van der Waals surface area contributed by atoms with Crippen LogP contribution >= 0.6 is 11.3 Å². The number of nitrogens with zero attached hydrogens (tertiary/aromatic N) is 1. The summed E-state index contributed by atoms with van der Waals surface area (Å²) in [6.07, 6.45) is 2.36. The highest BCUT2D eigenvalue weighted by Gasteiger charge is 2.31. The number of thiophene rings is 1. The molecule has 2 aromatic heterocycles. The Balaban J connectivity index is 1.53. The molecular formula is C24H27N3O6S. The predicted molar refractivity (Wildman–Crippen MR) is 129 cm³/mol. The molecular weight excluding hydrogens is 458 g/mol. The number of methoxy groups -OCH3 is 1. The molecule has 2 heterocycles. The Hall–Kier alpha value is -3.40. The van der Waals surface area contributed by atoms with Crippen molar-refractivity contribution < 1.29 is 19.4 Å². The van der Waals surface area contributed by atoms with Gasteiger partial charge in [0.2, 0.25) is 0 Å². The monoisotopic (exact) mass is 485 g/mol. The SMILES string of the molecule is COc1cccc(CNC(=O)c2cc3c(=O)n(C(C)C4CCC(C(=O)O)CC4)c(=O)[nH]c3s2)c1. The van der Waals surface area contributed by atoms with Crippen LogP contribution in [0.25, 0.3) is 10.2 Å². The third-order valence-electron chi connectivity index (χ3n) is 6.64. The van der Waals surface area contributed by atoms with Crippen molar-refractivity contribution in [1.29, 1.82) is 0 Å². The first-order chi connectivity index (χ1) is 16.3. The largest absolute Gasteiger partial charge is 0.497 e. The molecule has 0 saturated heterocycles. The van der Waals surface area contributed by atoms with E-state index in [0.29, 0.717) is 53.1 Å². The number of carboxylic acids is 1. The van der Waals surface area contributed by atoms with Crippen LogP contribution in [0.2, 0.25) is 0 Å². The van der Waals surface area contributed by atoms with Gasteiger partial charge in [-0.3, -0.25) is 23.9 Å². The minimum Gasteiger partial charge on any atom is -0.497 e. The zero-order chi connectivity index (χ0) is 24.4. The number of ether oxygens (including phenoxy) is 1. The number of benzene rings is 1. The van der Waals surface area contributed by atoms with Gasteiger partial charge in [-0.15, -0.1) is 11.3 Å². The summed E-state index contributed by atoms with van der Waals surface area (Å²) in [4.78, 5) is 53.3. The molecule has 34 heavy (non-hydrogen) atoms. The summed E-state index contributed by atoms with van der Waals surface area (Å²) in [5.41, 5.74) is -0.0822. The average Bonchev–Trinajstić information content (AvgIpc) is 3.27. The number of hydrogen-bond donors (Lipinski definition) is 3. The van der Waals surface area contributed by atoms with Crippen LogP contribution in [0, 0.1) is 11.8 Å². The smallest absolute Gasteiger partial charge is 0.329 e.